The molecule has 0 saturated heterocycles. The van der Waals surface area contributed by atoms with Crippen LogP contribution in [0.15, 0.2) is 24.8 Å². The quantitative estimate of drug-likeness (QED) is 0.463. The third-order valence-corrected chi connectivity index (χ3v) is 1.00. The Labute approximate surface area is 45.5 Å². The Kier molecular flexibility index (Phi) is 2.42. The van der Waals surface area contributed by atoms with Gasteiger partial charge in [0.25, 0.3) is 0 Å². The van der Waals surface area contributed by atoms with Crippen LogP contribution in [0.5, 0.6) is 0 Å². The largest absolute Gasteiger partial charge is 0.0988 e. The normalized spacial score (nSPS) is 9.00. The lowest BCUT2D eigenvalue weighted by atomic mass is 10.1. The highest BCUT2D eigenvalue weighted by atomic mass is 14.0. The van der Waals surface area contributed by atoms with Gasteiger partial charge in [-0.25, -0.2) is 0 Å². The molecule has 40 valence electrons. The molecule has 0 bridgehead atoms. The van der Waals surface area contributed by atoms with Crippen molar-refractivity contribution < 1.29 is 0 Å². The summed E-state index contributed by atoms with van der Waals surface area (Å²) >= 11 is 0. The SMILES string of the molecule is C=CC(=C)C(C)C. The Balaban J connectivity index is 3.56. The lowest BCUT2D eigenvalue weighted by Gasteiger charge is -1.99. The average Bonchev–Trinajstić information content (AvgIpc) is 1.65. The minimum atomic E-state index is 0.553. The van der Waals surface area contributed by atoms with Crippen molar-refractivity contribution >= 4 is 0 Å². The molecule has 7 heavy (non-hydrogen) atoms. The van der Waals surface area contributed by atoms with Crippen molar-refractivity contribution in [2.75, 3.05) is 0 Å². The summed E-state index contributed by atoms with van der Waals surface area (Å²) in [5.74, 6) is 0.553. The molecule has 0 rings (SSSR count). The first kappa shape index (κ1) is 6.48. The Morgan fingerprint density at radius 2 is 2.00 bits per heavy atom. The van der Waals surface area contributed by atoms with Crippen LogP contribution in [0, 0.1) is 5.92 Å². The van der Waals surface area contributed by atoms with Crippen LogP contribution >= 0.6 is 0 Å². The third-order valence-electron chi connectivity index (χ3n) is 1.00. The van der Waals surface area contributed by atoms with Gasteiger partial charge in [0.2, 0.25) is 0 Å². The zero-order valence-electron chi connectivity index (χ0n) is 5.07. The lowest BCUT2D eigenvalue weighted by molar-refractivity contribution is 0.796. The monoisotopic (exact) mass is 96.1 g/mol. The number of hydrogen-bond acceptors (Lipinski definition) is 0. The van der Waals surface area contributed by atoms with Gasteiger partial charge in [-0.2, -0.15) is 0 Å². The Morgan fingerprint density at radius 3 is 2.00 bits per heavy atom. The first-order chi connectivity index (χ1) is 3.18. The molecule has 0 aromatic heterocycles. The van der Waals surface area contributed by atoms with E-state index in [9.17, 15) is 0 Å². The maximum absolute atomic E-state index is 3.75. The second kappa shape index (κ2) is 2.62. The third kappa shape index (κ3) is 2.21. The van der Waals surface area contributed by atoms with Crippen LogP contribution in [0.25, 0.3) is 0 Å². The van der Waals surface area contributed by atoms with Crippen molar-refractivity contribution in [3.05, 3.63) is 24.8 Å². The van der Waals surface area contributed by atoms with Gasteiger partial charge in [0, 0.05) is 0 Å². The van der Waals surface area contributed by atoms with Crippen LogP contribution < -0.4 is 0 Å². The molecule has 0 N–H and O–H groups in total. The molecule has 0 unspecified atom stereocenters. The molecule has 0 heterocycles. The molecular weight excluding hydrogens is 84.1 g/mol. The maximum atomic E-state index is 3.75. The Hall–Kier alpha value is -0.520. The zero-order chi connectivity index (χ0) is 5.86. The van der Waals surface area contributed by atoms with Crippen molar-refractivity contribution in [3.63, 3.8) is 0 Å². The van der Waals surface area contributed by atoms with Crippen molar-refractivity contribution in [1.29, 1.82) is 0 Å². The van der Waals surface area contributed by atoms with Crippen molar-refractivity contribution in [2.24, 2.45) is 5.92 Å². The van der Waals surface area contributed by atoms with E-state index in [4.69, 9.17) is 0 Å². The molecule has 0 aliphatic rings. The van der Waals surface area contributed by atoms with Gasteiger partial charge >= 0.3 is 0 Å². The highest BCUT2D eigenvalue weighted by Gasteiger charge is 1.90. The minimum Gasteiger partial charge on any atom is -0.0988 e. The lowest BCUT2D eigenvalue weighted by Crippen LogP contribution is -1.85. The topological polar surface area (TPSA) is 0 Å². The Morgan fingerprint density at radius 1 is 1.57 bits per heavy atom. The molecule has 0 atom stereocenters. The van der Waals surface area contributed by atoms with Crippen molar-refractivity contribution in [2.45, 2.75) is 13.8 Å². The van der Waals surface area contributed by atoms with Crippen molar-refractivity contribution in [1.82, 2.24) is 0 Å². The fourth-order valence-electron chi connectivity index (χ4n) is 0.236. The van der Waals surface area contributed by atoms with Crippen LogP contribution in [0.3, 0.4) is 0 Å². The average molecular weight is 96.2 g/mol. The summed E-state index contributed by atoms with van der Waals surface area (Å²) < 4.78 is 0. The molecule has 0 fully saturated rings. The molecule has 0 amide bonds. The first-order valence-corrected chi connectivity index (χ1v) is 2.49. The van der Waals surface area contributed by atoms with Gasteiger partial charge in [-0.05, 0) is 5.92 Å². The van der Waals surface area contributed by atoms with E-state index in [2.05, 4.69) is 27.0 Å². The van der Waals surface area contributed by atoms with Crippen LogP contribution in [0.2, 0.25) is 0 Å². The highest BCUT2D eigenvalue weighted by molar-refractivity contribution is 5.12. The predicted molar refractivity (Wildman–Crippen MR) is 34.2 cm³/mol. The molecule has 0 aliphatic heterocycles. The summed E-state index contributed by atoms with van der Waals surface area (Å²) in [6, 6.07) is 0. The predicted octanol–water partition coefficient (Wildman–Crippen LogP) is 2.38. The van der Waals surface area contributed by atoms with E-state index in [0.29, 0.717) is 5.92 Å². The zero-order valence-corrected chi connectivity index (χ0v) is 5.07. The first-order valence-electron chi connectivity index (χ1n) is 2.49. The van der Waals surface area contributed by atoms with E-state index < -0.39 is 0 Å². The van der Waals surface area contributed by atoms with E-state index in [1.807, 2.05) is 0 Å². The number of rotatable bonds is 2. The molecule has 0 radical (unpaired) electrons. The van der Waals surface area contributed by atoms with Gasteiger partial charge in [-0.1, -0.05) is 38.7 Å². The maximum Gasteiger partial charge on any atom is -0.0225 e. The van der Waals surface area contributed by atoms with E-state index in [1.165, 1.54) is 0 Å². The van der Waals surface area contributed by atoms with Crippen LogP contribution in [-0.2, 0) is 0 Å². The van der Waals surface area contributed by atoms with Crippen molar-refractivity contribution in [3.8, 4) is 0 Å². The number of hydrogen-bond donors (Lipinski definition) is 0. The summed E-state index contributed by atoms with van der Waals surface area (Å²) in [5.41, 5.74) is 1.11. The van der Waals surface area contributed by atoms with Gasteiger partial charge in [-0.3, -0.25) is 0 Å². The van der Waals surface area contributed by atoms with Gasteiger partial charge < -0.3 is 0 Å². The fraction of sp³-hybridized carbons (Fsp3) is 0.429. The summed E-state index contributed by atoms with van der Waals surface area (Å²) in [5, 5.41) is 0. The Bertz CT molecular complexity index is 78.0. The summed E-state index contributed by atoms with van der Waals surface area (Å²) in [4.78, 5) is 0. The van der Waals surface area contributed by atoms with Gasteiger partial charge in [0.1, 0.15) is 0 Å². The van der Waals surface area contributed by atoms with Gasteiger partial charge in [0.05, 0.1) is 0 Å². The summed E-state index contributed by atoms with van der Waals surface area (Å²) in [6.45, 7) is 11.5. The molecule has 0 nitrogen and oxygen atoms in total. The molecule has 0 aromatic rings. The smallest absolute Gasteiger partial charge is 0.0225 e. The highest BCUT2D eigenvalue weighted by Crippen LogP contribution is 2.05. The molecule has 0 aromatic carbocycles. The van der Waals surface area contributed by atoms with E-state index in [1.54, 1.807) is 6.08 Å². The molecule has 0 saturated carbocycles. The molecule has 0 aliphatic carbocycles. The minimum absolute atomic E-state index is 0.553. The van der Waals surface area contributed by atoms with Crippen LogP contribution in [-0.4, -0.2) is 0 Å². The fourth-order valence-corrected chi connectivity index (χ4v) is 0.236. The van der Waals surface area contributed by atoms with E-state index in [-0.39, 0.29) is 0 Å². The standard InChI is InChI=1S/C7H12/c1-5-7(4)6(2)3/h5-6H,1,4H2,2-3H3. The summed E-state index contributed by atoms with van der Waals surface area (Å²) in [7, 11) is 0. The second-order valence-corrected chi connectivity index (χ2v) is 1.93. The molecule has 0 heteroatoms. The van der Waals surface area contributed by atoms with E-state index >= 15 is 0 Å². The second-order valence-electron chi connectivity index (χ2n) is 1.93. The molecular formula is C7H12. The van der Waals surface area contributed by atoms with E-state index in [0.717, 1.165) is 5.57 Å². The van der Waals surface area contributed by atoms with Gasteiger partial charge in [-0.15, -0.1) is 0 Å². The summed E-state index contributed by atoms with van der Waals surface area (Å²) in [6.07, 6.45) is 1.80. The molecule has 0 spiro atoms. The number of allylic oxidation sites excluding steroid dienone is 2. The van der Waals surface area contributed by atoms with Crippen LogP contribution in [0.1, 0.15) is 13.8 Å². The van der Waals surface area contributed by atoms with Crippen LogP contribution in [0.4, 0.5) is 0 Å². The van der Waals surface area contributed by atoms with Gasteiger partial charge in [0.15, 0.2) is 0 Å².